The molecule has 9 heteroatoms. The lowest BCUT2D eigenvalue weighted by atomic mass is 10.4. The molecule has 2 aliphatic rings. The van der Waals surface area contributed by atoms with Crippen LogP contribution in [0.5, 0.6) is 0 Å². The van der Waals surface area contributed by atoms with Crippen molar-refractivity contribution < 1.29 is 13.2 Å². The van der Waals surface area contributed by atoms with Crippen molar-refractivity contribution >= 4 is 15.7 Å². The largest absolute Gasteiger partial charge is 0.339 e. The van der Waals surface area contributed by atoms with Crippen LogP contribution in [-0.4, -0.2) is 57.8 Å². The first-order valence-electron chi connectivity index (χ1n) is 7.27. The van der Waals surface area contributed by atoms with Crippen LogP contribution >= 0.6 is 0 Å². The fraction of sp³-hybridized carbons (Fsp3) is 0.833. The van der Waals surface area contributed by atoms with E-state index in [2.05, 4.69) is 15.5 Å². The fourth-order valence-corrected chi connectivity index (χ4v) is 3.68. The molecular weight excluding hydrogens is 294 g/mol. The molecule has 1 aromatic rings. The summed E-state index contributed by atoms with van der Waals surface area (Å²) in [6, 6.07) is 0.453. The Morgan fingerprint density at radius 2 is 2.05 bits per heavy atom. The predicted octanol–water partition coefficient (Wildman–Crippen LogP) is -0.0663. The molecule has 0 radical (unpaired) electrons. The summed E-state index contributed by atoms with van der Waals surface area (Å²) in [6.45, 7) is 2.43. The predicted molar refractivity (Wildman–Crippen MR) is 74.0 cm³/mol. The van der Waals surface area contributed by atoms with E-state index in [0.717, 1.165) is 25.7 Å². The molecule has 0 atom stereocenters. The second kappa shape index (κ2) is 5.36. The Hall–Kier alpha value is -1.51. The third-order valence-corrected chi connectivity index (χ3v) is 5.18. The molecule has 2 fully saturated rings. The lowest BCUT2D eigenvalue weighted by molar-refractivity contribution is -0.128. The van der Waals surface area contributed by atoms with Gasteiger partial charge in [-0.05, 0) is 43.0 Å². The van der Waals surface area contributed by atoms with Gasteiger partial charge in [-0.2, -0.15) is 0 Å². The molecule has 0 N–H and O–H groups in total. The van der Waals surface area contributed by atoms with Crippen molar-refractivity contribution in [2.24, 2.45) is 0 Å². The Bertz CT molecular complexity index is 633. The maximum atomic E-state index is 12.2. The first kappa shape index (κ1) is 14.4. The van der Waals surface area contributed by atoms with Gasteiger partial charge in [0.2, 0.25) is 5.91 Å². The molecule has 1 aromatic heterocycles. The van der Waals surface area contributed by atoms with Crippen LogP contribution in [0.1, 0.15) is 44.5 Å². The molecule has 116 valence electrons. The first-order chi connectivity index (χ1) is 10.00. The molecule has 0 aromatic carbocycles. The van der Waals surface area contributed by atoms with Gasteiger partial charge in [0.05, 0.1) is 6.04 Å². The van der Waals surface area contributed by atoms with Crippen molar-refractivity contribution in [3.63, 3.8) is 0 Å². The minimum Gasteiger partial charge on any atom is -0.339 e. The highest BCUT2D eigenvalue weighted by molar-refractivity contribution is 7.91. The van der Waals surface area contributed by atoms with E-state index in [1.54, 1.807) is 9.58 Å². The number of aromatic nitrogens is 4. The molecule has 0 unspecified atom stereocenters. The SMILES string of the molecule is CCN(C(=O)CS(=O)(=O)Cc1nnnn1C1CC1)C1CC1. The number of nitrogens with zero attached hydrogens (tertiary/aromatic N) is 5. The summed E-state index contributed by atoms with van der Waals surface area (Å²) < 4.78 is 26.0. The summed E-state index contributed by atoms with van der Waals surface area (Å²) in [4.78, 5) is 13.8. The van der Waals surface area contributed by atoms with Crippen molar-refractivity contribution in [3.8, 4) is 0 Å². The average molecular weight is 313 g/mol. The zero-order valence-corrected chi connectivity index (χ0v) is 12.8. The van der Waals surface area contributed by atoms with Gasteiger partial charge in [-0.25, -0.2) is 13.1 Å². The number of sulfone groups is 1. The van der Waals surface area contributed by atoms with Gasteiger partial charge in [-0.1, -0.05) is 0 Å². The van der Waals surface area contributed by atoms with E-state index in [0.29, 0.717) is 12.4 Å². The molecule has 0 spiro atoms. The summed E-state index contributed by atoms with van der Waals surface area (Å²) in [5.41, 5.74) is 0. The molecule has 2 aliphatic carbocycles. The molecule has 0 saturated heterocycles. The molecule has 1 amide bonds. The molecule has 3 rings (SSSR count). The number of hydrogen-bond donors (Lipinski definition) is 0. The molecular formula is C12H19N5O3S. The van der Waals surface area contributed by atoms with Gasteiger partial charge in [0.15, 0.2) is 15.7 Å². The summed E-state index contributed by atoms with van der Waals surface area (Å²) in [5, 5.41) is 11.1. The van der Waals surface area contributed by atoms with Crippen LogP contribution in [0.15, 0.2) is 0 Å². The Morgan fingerprint density at radius 1 is 1.33 bits per heavy atom. The van der Waals surface area contributed by atoms with Gasteiger partial charge in [0.25, 0.3) is 0 Å². The van der Waals surface area contributed by atoms with Gasteiger partial charge in [0, 0.05) is 12.6 Å². The molecule has 0 bridgehead atoms. The van der Waals surface area contributed by atoms with Gasteiger partial charge < -0.3 is 4.90 Å². The Balaban J connectivity index is 1.66. The number of hydrogen-bond acceptors (Lipinski definition) is 6. The van der Waals surface area contributed by atoms with Gasteiger partial charge in [-0.15, -0.1) is 5.10 Å². The quantitative estimate of drug-likeness (QED) is 0.699. The molecule has 21 heavy (non-hydrogen) atoms. The Kier molecular flexibility index (Phi) is 3.68. The van der Waals surface area contributed by atoms with Crippen molar-refractivity contribution in [1.82, 2.24) is 25.1 Å². The number of carbonyl (C=O) groups is 1. The van der Waals surface area contributed by atoms with E-state index in [-0.39, 0.29) is 23.7 Å². The standard InChI is InChI=1S/C12H19N5O3S/c1-2-16(9-3-4-9)12(18)8-21(19,20)7-11-13-14-15-17(11)10-5-6-10/h9-10H,2-8H2,1H3. The lowest BCUT2D eigenvalue weighted by Gasteiger charge is -2.20. The minimum atomic E-state index is -3.55. The molecule has 1 heterocycles. The van der Waals surface area contributed by atoms with E-state index in [1.165, 1.54) is 0 Å². The lowest BCUT2D eigenvalue weighted by Crippen LogP contribution is -2.37. The highest BCUT2D eigenvalue weighted by Gasteiger charge is 2.34. The number of carbonyl (C=O) groups excluding carboxylic acids is 1. The summed E-state index contributed by atoms with van der Waals surface area (Å²) in [6.07, 6.45) is 3.89. The van der Waals surface area contributed by atoms with Crippen LogP contribution in [0.3, 0.4) is 0 Å². The zero-order chi connectivity index (χ0) is 15.0. The second-order valence-electron chi connectivity index (χ2n) is 5.71. The number of tetrazole rings is 1. The minimum absolute atomic E-state index is 0.222. The van der Waals surface area contributed by atoms with E-state index in [9.17, 15) is 13.2 Å². The van der Waals surface area contributed by atoms with Crippen molar-refractivity contribution in [1.29, 1.82) is 0 Å². The average Bonchev–Trinajstić information content (AvgIpc) is 3.30. The van der Waals surface area contributed by atoms with Gasteiger partial charge in [-0.3, -0.25) is 4.79 Å². The first-order valence-corrected chi connectivity index (χ1v) is 9.09. The van der Waals surface area contributed by atoms with Crippen molar-refractivity contribution in [3.05, 3.63) is 5.82 Å². The van der Waals surface area contributed by atoms with Crippen LogP contribution in [-0.2, 0) is 20.4 Å². The smallest absolute Gasteiger partial charge is 0.238 e. The van der Waals surface area contributed by atoms with E-state index >= 15 is 0 Å². The third kappa shape index (κ3) is 3.39. The Morgan fingerprint density at radius 3 is 2.62 bits per heavy atom. The van der Waals surface area contributed by atoms with Crippen LogP contribution in [0.25, 0.3) is 0 Å². The topological polar surface area (TPSA) is 98.1 Å². The maximum Gasteiger partial charge on any atom is 0.238 e. The molecule has 0 aliphatic heterocycles. The highest BCUT2D eigenvalue weighted by atomic mass is 32.2. The van der Waals surface area contributed by atoms with Crippen LogP contribution in [0.4, 0.5) is 0 Å². The Labute approximate surface area is 123 Å². The summed E-state index contributed by atoms with van der Waals surface area (Å²) >= 11 is 0. The van der Waals surface area contributed by atoms with Gasteiger partial charge in [0.1, 0.15) is 11.5 Å². The van der Waals surface area contributed by atoms with E-state index in [1.807, 2.05) is 6.92 Å². The fourth-order valence-electron chi connectivity index (χ4n) is 2.45. The molecule has 2 saturated carbocycles. The third-order valence-electron chi connectivity index (χ3n) is 3.79. The normalized spacial score (nSPS) is 18.7. The van der Waals surface area contributed by atoms with Crippen LogP contribution in [0, 0.1) is 0 Å². The maximum absolute atomic E-state index is 12.2. The van der Waals surface area contributed by atoms with Crippen molar-refractivity contribution in [2.75, 3.05) is 12.3 Å². The van der Waals surface area contributed by atoms with Crippen LogP contribution < -0.4 is 0 Å². The zero-order valence-electron chi connectivity index (χ0n) is 12.0. The van der Waals surface area contributed by atoms with Gasteiger partial charge >= 0.3 is 0 Å². The summed E-state index contributed by atoms with van der Waals surface area (Å²) in [7, 11) is -3.55. The monoisotopic (exact) mass is 313 g/mol. The van der Waals surface area contributed by atoms with E-state index in [4.69, 9.17) is 0 Å². The molecule has 8 nitrogen and oxygen atoms in total. The van der Waals surface area contributed by atoms with Crippen LogP contribution in [0.2, 0.25) is 0 Å². The number of rotatable bonds is 7. The summed E-state index contributed by atoms with van der Waals surface area (Å²) in [5.74, 6) is -0.718. The highest BCUT2D eigenvalue weighted by Crippen LogP contribution is 2.34. The second-order valence-corrected chi connectivity index (χ2v) is 7.78. The number of amides is 1. The van der Waals surface area contributed by atoms with E-state index < -0.39 is 15.6 Å². The van der Waals surface area contributed by atoms with Crippen molar-refractivity contribution in [2.45, 2.75) is 50.4 Å².